The highest BCUT2D eigenvalue weighted by molar-refractivity contribution is 5.75. The van der Waals surface area contributed by atoms with Crippen LogP contribution in [0.1, 0.15) is 32.4 Å². The van der Waals surface area contributed by atoms with Gasteiger partial charge >= 0.3 is 5.97 Å². The van der Waals surface area contributed by atoms with Crippen LogP contribution in [0.5, 0.6) is 5.75 Å². The minimum Gasteiger partial charge on any atom is -0.497 e. The van der Waals surface area contributed by atoms with Crippen molar-refractivity contribution in [3.8, 4) is 5.75 Å². The molecule has 2 atom stereocenters. The van der Waals surface area contributed by atoms with Gasteiger partial charge in [-0.1, -0.05) is 12.1 Å². The standard InChI is InChI=1S/C17H25NO4/c1-6-21-16(19)14-15(18(4)11-22-17(14,2)3)12-7-9-13(20-5)10-8-12/h7-10,14-15H,6,11H2,1-5H3. The molecule has 0 amide bonds. The Morgan fingerprint density at radius 2 is 2.00 bits per heavy atom. The summed E-state index contributed by atoms with van der Waals surface area (Å²) in [4.78, 5) is 14.5. The summed E-state index contributed by atoms with van der Waals surface area (Å²) >= 11 is 0. The zero-order valence-corrected chi connectivity index (χ0v) is 14.0. The molecule has 22 heavy (non-hydrogen) atoms. The number of hydrogen-bond acceptors (Lipinski definition) is 5. The van der Waals surface area contributed by atoms with Gasteiger partial charge in [0.2, 0.25) is 0 Å². The van der Waals surface area contributed by atoms with Gasteiger partial charge < -0.3 is 14.2 Å². The van der Waals surface area contributed by atoms with Crippen molar-refractivity contribution in [3.63, 3.8) is 0 Å². The molecule has 122 valence electrons. The molecule has 0 bridgehead atoms. The van der Waals surface area contributed by atoms with E-state index in [1.165, 1.54) is 0 Å². The summed E-state index contributed by atoms with van der Waals surface area (Å²) in [5.74, 6) is 0.185. The quantitative estimate of drug-likeness (QED) is 0.800. The van der Waals surface area contributed by atoms with Crippen molar-refractivity contribution in [1.29, 1.82) is 0 Å². The fourth-order valence-electron chi connectivity index (χ4n) is 2.97. The maximum absolute atomic E-state index is 12.5. The second-order valence-corrected chi connectivity index (χ2v) is 6.08. The van der Waals surface area contributed by atoms with E-state index in [0.717, 1.165) is 11.3 Å². The molecule has 0 saturated carbocycles. The topological polar surface area (TPSA) is 48.0 Å². The van der Waals surface area contributed by atoms with Gasteiger partial charge in [0.05, 0.1) is 25.4 Å². The van der Waals surface area contributed by atoms with Crippen LogP contribution in [0.2, 0.25) is 0 Å². The third-order valence-electron chi connectivity index (χ3n) is 4.18. The molecule has 1 heterocycles. The number of rotatable bonds is 4. The van der Waals surface area contributed by atoms with Gasteiger partial charge in [0, 0.05) is 0 Å². The molecule has 5 heteroatoms. The fourth-order valence-corrected chi connectivity index (χ4v) is 2.97. The SMILES string of the molecule is CCOC(=O)C1C(c2ccc(OC)cc2)N(C)COC1(C)C. The first-order valence-corrected chi connectivity index (χ1v) is 7.55. The van der Waals surface area contributed by atoms with E-state index in [9.17, 15) is 4.79 Å². The van der Waals surface area contributed by atoms with Gasteiger partial charge in [-0.2, -0.15) is 0 Å². The van der Waals surface area contributed by atoms with Gasteiger partial charge in [-0.05, 0) is 45.5 Å². The van der Waals surface area contributed by atoms with Gasteiger partial charge in [-0.15, -0.1) is 0 Å². The largest absolute Gasteiger partial charge is 0.497 e. The number of benzene rings is 1. The molecule has 1 aliphatic heterocycles. The molecule has 0 spiro atoms. The molecular formula is C17H25NO4. The highest BCUT2D eigenvalue weighted by Gasteiger charge is 2.48. The molecule has 2 rings (SSSR count). The highest BCUT2D eigenvalue weighted by Crippen LogP contribution is 2.41. The van der Waals surface area contributed by atoms with Crippen LogP contribution < -0.4 is 4.74 Å². The number of hydrogen-bond donors (Lipinski definition) is 0. The summed E-state index contributed by atoms with van der Waals surface area (Å²) in [5.41, 5.74) is 0.473. The van der Waals surface area contributed by atoms with Crippen LogP contribution in [-0.4, -0.2) is 44.0 Å². The predicted molar refractivity (Wildman–Crippen MR) is 83.7 cm³/mol. The van der Waals surface area contributed by atoms with E-state index in [2.05, 4.69) is 0 Å². The Morgan fingerprint density at radius 1 is 1.36 bits per heavy atom. The molecule has 0 radical (unpaired) electrons. The first kappa shape index (κ1) is 16.8. The molecule has 0 N–H and O–H groups in total. The monoisotopic (exact) mass is 307 g/mol. The molecule has 1 fully saturated rings. The normalized spacial score (nSPS) is 24.8. The van der Waals surface area contributed by atoms with Crippen molar-refractivity contribution in [2.75, 3.05) is 27.5 Å². The molecule has 1 aromatic rings. The summed E-state index contributed by atoms with van der Waals surface area (Å²) in [6.07, 6.45) is 0. The number of ether oxygens (including phenoxy) is 3. The third-order valence-corrected chi connectivity index (χ3v) is 4.18. The van der Waals surface area contributed by atoms with Crippen LogP contribution in [0, 0.1) is 5.92 Å². The number of carbonyl (C=O) groups excluding carboxylic acids is 1. The van der Waals surface area contributed by atoms with Crippen LogP contribution in [0.3, 0.4) is 0 Å². The van der Waals surface area contributed by atoms with E-state index in [4.69, 9.17) is 14.2 Å². The van der Waals surface area contributed by atoms with Gasteiger partial charge in [-0.3, -0.25) is 9.69 Å². The van der Waals surface area contributed by atoms with E-state index in [1.807, 2.05) is 57.0 Å². The number of esters is 1. The van der Waals surface area contributed by atoms with Gasteiger partial charge in [0.1, 0.15) is 18.4 Å². The average Bonchev–Trinajstić information content (AvgIpc) is 2.49. The summed E-state index contributed by atoms with van der Waals surface area (Å²) in [7, 11) is 3.59. The van der Waals surface area contributed by atoms with Crippen molar-refractivity contribution < 1.29 is 19.0 Å². The predicted octanol–water partition coefficient (Wildman–Crippen LogP) is 2.61. The molecular weight excluding hydrogens is 282 g/mol. The van der Waals surface area contributed by atoms with Gasteiger partial charge in [0.25, 0.3) is 0 Å². The van der Waals surface area contributed by atoms with Crippen LogP contribution >= 0.6 is 0 Å². The lowest BCUT2D eigenvalue weighted by Crippen LogP contribution is -2.54. The molecule has 2 unspecified atom stereocenters. The molecule has 1 aromatic carbocycles. The van der Waals surface area contributed by atoms with Crippen LogP contribution in [0.25, 0.3) is 0 Å². The Balaban J connectivity index is 2.39. The lowest BCUT2D eigenvalue weighted by Gasteiger charge is -2.47. The molecule has 5 nitrogen and oxygen atoms in total. The molecule has 1 aliphatic rings. The van der Waals surface area contributed by atoms with Crippen molar-refractivity contribution in [2.45, 2.75) is 32.4 Å². The van der Waals surface area contributed by atoms with E-state index >= 15 is 0 Å². The van der Waals surface area contributed by atoms with E-state index < -0.39 is 5.60 Å². The Hall–Kier alpha value is -1.59. The Labute approximate surface area is 132 Å². The van der Waals surface area contributed by atoms with E-state index in [1.54, 1.807) is 7.11 Å². The lowest BCUT2D eigenvalue weighted by molar-refractivity contribution is -0.198. The van der Waals surface area contributed by atoms with Crippen molar-refractivity contribution in [3.05, 3.63) is 29.8 Å². The zero-order chi connectivity index (χ0) is 16.3. The van der Waals surface area contributed by atoms with E-state index in [0.29, 0.717) is 13.3 Å². The summed E-state index contributed by atoms with van der Waals surface area (Å²) in [6.45, 7) is 6.54. The van der Waals surface area contributed by atoms with Crippen LogP contribution in [0.4, 0.5) is 0 Å². The maximum Gasteiger partial charge on any atom is 0.313 e. The lowest BCUT2D eigenvalue weighted by atomic mass is 9.79. The van der Waals surface area contributed by atoms with E-state index in [-0.39, 0.29) is 17.9 Å². The molecule has 1 saturated heterocycles. The van der Waals surface area contributed by atoms with Crippen molar-refractivity contribution in [1.82, 2.24) is 4.90 Å². The fraction of sp³-hybridized carbons (Fsp3) is 0.588. The van der Waals surface area contributed by atoms with Gasteiger partial charge in [-0.25, -0.2) is 0 Å². The van der Waals surface area contributed by atoms with Crippen molar-refractivity contribution >= 4 is 5.97 Å². The maximum atomic E-state index is 12.5. The summed E-state index contributed by atoms with van der Waals surface area (Å²) < 4.78 is 16.4. The smallest absolute Gasteiger partial charge is 0.313 e. The molecule has 0 aliphatic carbocycles. The minimum atomic E-state index is -0.580. The number of nitrogens with zero attached hydrogens (tertiary/aromatic N) is 1. The summed E-state index contributed by atoms with van der Waals surface area (Å²) in [5, 5.41) is 0. The summed E-state index contributed by atoms with van der Waals surface area (Å²) in [6, 6.07) is 7.72. The van der Waals surface area contributed by atoms with Crippen LogP contribution in [-0.2, 0) is 14.3 Å². The Morgan fingerprint density at radius 3 is 2.55 bits per heavy atom. The second-order valence-electron chi connectivity index (χ2n) is 6.08. The highest BCUT2D eigenvalue weighted by atomic mass is 16.5. The first-order chi connectivity index (χ1) is 10.4. The zero-order valence-electron chi connectivity index (χ0n) is 14.0. The number of carbonyl (C=O) groups is 1. The Kier molecular flexibility index (Phi) is 5.08. The third kappa shape index (κ3) is 3.25. The first-order valence-electron chi connectivity index (χ1n) is 7.55. The molecule has 0 aromatic heterocycles. The van der Waals surface area contributed by atoms with Crippen molar-refractivity contribution in [2.24, 2.45) is 5.92 Å². The van der Waals surface area contributed by atoms with Crippen LogP contribution in [0.15, 0.2) is 24.3 Å². The van der Waals surface area contributed by atoms with Gasteiger partial charge in [0.15, 0.2) is 0 Å². The number of methoxy groups -OCH3 is 1. The second kappa shape index (κ2) is 6.67. The average molecular weight is 307 g/mol. The Bertz CT molecular complexity index is 512. The minimum absolute atomic E-state index is 0.0892.